The molecule has 3 aromatic carbocycles. The van der Waals surface area contributed by atoms with Gasteiger partial charge in [0.25, 0.3) is 0 Å². The van der Waals surface area contributed by atoms with Crippen LogP contribution in [0.4, 0.5) is 11.4 Å². The fraction of sp³-hybridized carbons (Fsp3) is 0.0476. The number of nitrogens with one attached hydrogen (secondary N) is 2. The Morgan fingerprint density at radius 3 is 2.04 bits per heavy atom. The fourth-order valence-electron chi connectivity index (χ4n) is 2.31. The topological polar surface area (TPSA) is 67.4 Å². The SMILES string of the molecule is CSc1cccc(NC(=O)C(=O)Nc2ccc(Oc3ccccc3)cc2)c1. The number of hydrogen-bond donors (Lipinski definition) is 2. The van der Waals surface area contributed by atoms with Gasteiger partial charge in [-0.15, -0.1) is 11.8 Å². The largest absolute Gasteiger partial charge is 0.457 e. The van der Waals surface area contributed by atoms with Crippen molar-refractivity contribution in [3.8, 4) is 11.5 Å². The monoisotopic (exact) mass is 378 g/mol. The molecule has 6 heteroatoms. The van der Waals surface area contributed by atoms with Crippen LogP contribution in [0.2, 0.25) is 0 Å². The van der Waals surface area contributed by atoms with Crippen LogP contribution in [0.15, 0.2) is 83.8 Å². The second-order valence-electron chi connectivity index (χ2n) is 5.58. The van der Waals surface area contributed by atoms with E-state index in [2.05, 4.69) is 10.6 Å². The molecule has 136 valence electrons. The van der Waals surface area contributed by atoms with E-state index >= 15 is 0 Å². The van der Waals surface area contributed by atoms with Gasteiger partial charge < -0.3 is 15.4 Å². The van der Waals surface area contributed by atoms with Crippen molar-refractivity contribution >= 4 is 35.0 Å². The number of amides is 2. The number of ether oxygens (including phenoxy) is 1. The minimum absolute atomic E-state index is 0.508. The molecule has 0 aliphatic rings. The molecule has 0 aliphatic heterocycles. The van der Waals surface area contributed by atoms with Gasteiger partial charge in [0.1, 0.15) is 11.5 Å². The summed E-state index contributed by atoms with van der Waals surface area (Å²) in [6, 6.07) is 23.5. The summed E-state index contributed by atoms with van der Waals surface area (Å²) in [7, 11) is 0. The quantitative estimate of drug-likeness (QED) is 0.495. The van der Waals surface area contributed by atoms with Gasteiger partial charge in [0.15, 0.2) is 0 Å². The highest BCUT2D eigenvalue weighted by Gasteiger charge is 2.14. The van der Waals surface area contributed by atoms with Crippen LogP contribution in [0.1, 0.15) is 0 Å². The lowest BCUT2D eigenvalue weighted by molar-refractivity contribution is -0.133. The van der Waals surface area contributed by atoms with E-state index in [0.717, 1.165) is 10.6 Å². The number of rotatable bonds is 5. The van der Waals surface area contributed by atoms with Crippen molar-refractivity contribution in [2.24, 2.45) is 0 Å². The van der Waals surface area contributed by atoms with Gasteiger partial charge in [-0.05, 0) is 60.9 Å². The Morgan fingerprint density at radius 1 is 0.741 bits per heavy atom. The first-order valence-corrected chi connectivity index (χ1v) is 9.46. The van der Waals surface area contributed by atoms with E-state index in [1.807, 2.05) is 54.8 Å². The van der Waals surface area contributed by atoms with Crippen LogP contribution in [-0.4, -0.2) is 18.1 Å². The zero-order valence-electron chi connectivity index (χ0n) is 14.6. The van der Waals surface area contributed by atoms with Crippen LogP contribution in [-0.2, 0) is 9.59 Å². The van der Waals surface area contributed by atoms with E-state index in [0.29, 0.717) is 17.1 Å². The molecule has 0 saturated carbocycles. The molecule has 0 spiro atoms. The second kappa shape index (κ2) is 8.91. The van der Waals surface area contributed by atoms with Gasteiger partial charge in [0, 0.05) is 16.3 Å². The van der Waals surface area contributed by atoms with Crippen molar-refractivity contribution in [3.63, 3.8) is 0 Å². The summed E-state index contributed by atoms with van der Waals surface area (Å²) in [6.45, 7) is 0. The molecule has 27 heavy (non-hydrogen) atoms. The second-order valence-corrected chi connectivity index (χ2v) is 6.46. The highest BCUT2D eigenvalue weighted by Crippen LogP contribution is 2.23. The summed E-state index contributed by atoms with van der Waals surface area (Å²) in [5.74, 6) is -0.0992. The third kappa shape index (κ3) is 5.36. The molecule has 0 atom stereocenters. The summed E-state index contributed by atoms with van der Waals surface area (Å²) in [5.41, 5.74) is 1.09. The van der Waals surface area contributed by atoms with Gasteiger partial charge >= 0.3 is 11.8 Å². The maximum absolute atomic E-state index is 12.1. The molecule has 3 rings (SSSR count). The Bertz CT molecular complexity index is 928. The molecule has 5 nitrogen and oxygen atoms in total. The smallest absolute Gasteiger partial charge is 0.314 e. The van der Waals surface area contributed by atoms with Gasteiger partial charge in [-0.3, -0.25) is 9.59 Å². The van der Waals surface area contributed by atoms with Crippen molar-refractivity contribution in [2.75, 3.05) is 16.9 Å². The summed E-state index contributed by atoms with van der Waals surface area (Å²) in [5, 5.41) is 5.16. The van der Waals surface area contributed by atoms with Crippen LogP contribution >= 0.6 is 11.8 Å². The summed E-state index contributed by atoms with van der Waals surface area (Å²) < 4.78 is 5.69. The molecule has 0 saturated heterocycles. The fourth-order valence-corrected chi connectivity index (χ4v) is 2.77. The number of para-hydroxylation sites is 1. The molecule has 3 aromatic rings. The lowest BCUT2D eigenvalue weighted by Gasteiger charge is -2.09. The normalized spacial score (nSPS) is 10.1. The van der Waals surface area contributed by atoms with Gasteiger partial charge in [0.2, 0.25) is 0 Å². The summed E-state index contributed by atoms with van der Waals surface area (Å²) >= 11 is 1.56. The average Bonchev–Trinajstić information content (AvgIpc) is 2.70. The number of benzene rings is 3. The van der Waals surface area contributed by atoms with Crippen LogP contribution in [0, 0.1) is 0 Å². The first kappa shape index (κ1) is 18.5. The summed E-state index contributed by atoms with van der Waals surface area (Å²) in [4.78, 5) is 25.2. The highest BCUT2D eigenvalue weighted by molar-refractivity contribution is 7.98. The Kier molecular flexibility index (Phi) is 6.12. The third-order valence-corrected chi connectivity index (χ3v) is 4.35. The van der Waals surface area contributed by atoms with Crippen molar-refractivity contribution in [1.29, 1.82) is 0 Å². The predicted octanol–water partition coefficient (Wildman–Crippen LogP) is 4.78. The van der Waals surface area contributed by atoms with Gasteiger partial charge in [0.05, 0.1) is 0 Å². The Balaban J connectivity index is 1.57. The van der Waals surface area contributed by atoms with E-state index in [9.17, 15) is 9.59 Å². The van der Waals surface area contributed by atoms with Crippen molar-refractivity contribution < 1.29 is 14.3 Å². The number of hydrogen-bond acceptors (Lipinski definition) is 4. The molecule has 0 aliphatic carbocycles. The molecular weight excluding hydrogens is 360 g/mol. The first-order valence-electron chi connectivity index (χ1n) is 8.23. The number of anilines is 2. The molecule has 0 unspecified atom stereocenters. The van der Waals surface area contributed by atoms with E-state index in [-0.39, 0.29) is 0 Å². The zero-order chi connectivity index (χ0) is 19.1. The lowest BCUT2D eigenvalue weighted by atomic mass is 10.3. The van der Waals surface area contributed by atoms with E-state index < -0.39 is 11.8 Å². The maximum atomic E-state index is 12.1. The molecule has 0 aromatic heterocycles. The van der Waals surface area contributed by atoms with E-state index in [1.54, 1.807) is 42.1 Å². The van der Waals surface area contributed by atoms with E-state index in [1.165, 1.54) is 0 Å². The minimum Gasteiger partial charge on any atom is -0.457 e. The van der Waals surface area contributed by atoms with Crippen LogP contribution in [0.3, 0.4) is 0 Å². The van der Waals surface area contributed by atoms with E-state index in [4.69, 9.17) is 4.74 Å². The number of carbonyl (C=O) groups is 2. The lowest BCUT2D eigenvalue weighted by Crippen LogP contribution is -2.29. The summed E-state index contributed by atoms with van der Waals surface area (Å²) in [6.07, 6.45) is 1.94. The first-order chi connectivity index (χ1) is 13.1. The molecule has 2 amide bonds. The number of thioether (sulfide) groups is 1. The third-order valence-electron chi connectivity index (χ3n) is 3.62. The van der Waals surface area contributed by atoms with Crippen LogP contribution in [0.5, 0.6) is 11.5 Å². The van der Waals surface area contributed by atoms with Crippen LogP contribution in [0.25, 0.3) is 0 Å². The molecule has 0 bridgehead atoms. The molecule has 0 fully saturated rings. The molecule has 0 heterocycles. The predicted molar refractivity (Wildman–Crippen MR) is 108 cm³/mol. The average molecular weight is 378 g/mol. The van der Waals surface area contributed by atoms with Crippen LogP contribution < -0.4 is 15.4 Å². The standard InChI is InChI=1S/C21H18N2O3S/c1-27-19-9-5-6-16(14-19)23-21(25)20(24)22-15-10-12-18(13-11-15)26-17-7-3-2-4-8-17/h2-14H,1H3,(H,22,24)(H,23,25). The van der Waals surface area contributed by atoms with Gasteiger partial charge in [-0.25, -0.2) is 0 Å². The molecular formula is C21H18N2O3S. The minimum atomic E-state index is -0.735. The Hall–Kier alpha value is -3.25. The highest BCUT2D eigenvalue weighted by atomic mass is 32.2. The van der Waals surface area contributed by atoms with Crippen molar-refractivity contribution in [2.45, 2.75) is 4.90 Å². The van der Waals surface area contributed by atoms with Crippen molar-refractivity contribution in [1.82, 2.24) is 0 Å². The maximum Gasteiger partial charge on any atom is 0.314 e. The Labute approximate surface area is 161 Å². The zero-order valence-corrected chi connectivity index (χ0v) is 15.5. The Morgan fingerprint density at radius 2 is 1.37 bits per heavy atom. The van der Waals surface area contributed by atoms with Gasteiger partial charge in [-0.1, -0.05) is 24.3 Å². The number of carbonyl (C=O) groups excluding carboxylic acids is 2. The molecule has 0 radical (unpaired) electrons. The molecule has 2 N–H and O–H groups in total. The van der Waals surface area contributed by atoms with Crippen molar-refractivity contribution in [3.05, 3.63) is 78.9 Å². The van der Waals surface area contributed by atoms with Gasteiger partial charge in [-0.2, -0.15) is 0 Å².